The maximum atomic E-state index is 6.35. The van der Waals surface area contributed by atoms with Crippen LogP contribution in [0.15, 0.2) is 36.4 Å². The van der Waals surface area contributed by atoms with Crippen LogP contribution in [0.1, 0.15) is 67.2 Å². The zero-order chi connectivity index (χ0) is 16.2. The van der Waals surface area contributed by atoms with Crippen molar-refractivity contribution in [2.24, 2.45) is 0 Å². The lowest BCUT2D eigenvalue weighted by Gasteiger charge is -2.25. The van der Waals surface area contributed by atoms with Gasteiger partial charge in [-0.25, -0.2) is 0 Å². The third-order valence-corrected chi connectivity index (χ3v) is 5.08. The Morgan fingerprint density at radius 2 is 1.65 bits per heavy atom. The van der Waals surface area contributed by atoms with E-state index in [1.807, 2.05) is 0 Å². The summed E-state index contributed by atoms with van der Waals surface area (Å²) in [5, 5.41) is 0. The molecule has 0 heterocycles. The number of hydrogen-bond donors (Lipinski definition) is 0. The SMILES string of the molecule is CCc1ccc(Oc2ccc(C)cc2C2CCCCC2)c(C)c1. The van der Waals surface area contributed by atoms with Gasteiger partial charge in [0.15, 0.2) is 0 Å². The monoisotopic (exact) mass is 308 g/mol. The molecule has 23 heavy (non-hydrogen) atoms. The van der Waals surface area contributed by atoms with E-state index in [9.17, 15) is 0 Å². The second-order valence-corrected chi connectivity index (χ2v) is 6.93. The molecule has 0 amide bonds. The third-order valence-electron chi connectivity index (χ3n) is 5.08. The first-order valence-electron chi connectivity index (χ1n) is 9.05. The van der Waals surface area contributed by atoms with E-state index in [-0.39, 0.29) is 0 Å². The maximum absolute atomic E-state index is 6.35. The molecular weight excluding hydrogens is 280 g/mol. The number of ether oxygens (including phenoxy) is 1. The quantitative estimate of drug-likeness (QED) is 0.610. The van der Waals surface area contributed by atoms with Crippen LogP contribution in [0.3, 0.4) is 0 Å². The highest BCUT2D eigenvalue weighted by molar-refractivity contribution is 5.45. The first-order valence-corrected chi connectivity index (χ1v) is 9.05. The fourth-order valence-electron chi connectivity index (χ4n) is 3.66. The summed E-state index contributed by atoms with van der Waals surface area (Å²) in [6.07, 6.45) is 7.75. The van der Waals surface area contributed by atoms with Crippen molar-refractivity contribution in [2.75, 3.05) is 0 Å². The Balaban J connectivity index is 1.90. The molecule has 0 spiro atoms. The molecule has 2 aromatic rings. The Bertz CT molecular complexity index is 666. The minimum absolute atomic E-state index is 0.661. The van der Waals surface area contributed by atoms with Gasteiger partial charge in [-0.1, -0.05) is 56.0 Å². The summed E-state index contributed by atoms with van der Waals surface area (Å²) in [5.41, 5.74) is 5.32. The summed E-state index contributed by atoms with van der Waals surface area (Å²) in [6.45, 7) is 6.51. The Labute approximate surface area is 140 Å². The van der Waals surface area contributed by atoms with Crippen LogP contribution in [0.25, 0.3) is 0 Å². The van der Waals surface area contributed by atoms with E-state index < -0.39 is 0 Å². The molecule has 1 aliphatic rings. The molecule has 0 aromatic heterocycles. The fraction of sp³-hybridized carbons (Fsp3) is 0.455. The first kappa shape index (κ1) is 16.1. The van der Waals surface area contributed by atoms with Gasteiger partial charge in [0.05, 0.1) is 0 Å². The van der Waals surface area contributed by atoms with Crippen LogP contribution in [0, 0.1) is 13.8 Å². The smallest absolute Gasteiger partial charge is 0.130 e. The predicted octanol–water partition coefficient (Wildman–Crippen LogP) is 6.71. The van der Waals surface area contributed by atoms with E-state index in [0.717, 1.165) is 17.9 Å². The lowest BCUT2D eigenvalue weighted by atomic mass is 9.83. The second-order valence-electron chi connectivity index (χ2n) is 6.93. The average molecular weight is 308 g/mol. The Morgan fingerprint density at radius 3 is 2.35 bits per heavy atom. The standard InChI is InChI=1S/C22H28O/c1-4-18-11-13-21(17(3)15-18)23-22-12-10-16(2)14-20(22)19-8-6-5-7-9-19/h10-15,19H,4-9H2,1-3H3. The molecule has 0 aliphatic heterocycles. The van der Waals surface area contributed by atoms with E-state index in [1.54, 1.807) is 0 Å². The van der Waals surface area contributed by atoms with Crippen molar-refractivity contribution in [1.82, 2.24) is 0 Å². The van der Waals surface area contributed by atoms with E-state index in [1.165, 1.54) is 54.4 Å². The Kier molecular flexibility index (Phi) is 5.05. The molecule has 2 aromatic carbocycles. The summed E-state index contributed by atoms with van der Waals surface area (Å²) >= 11 is 0. The van der Waals surface area contributed by atoms with E-state index in [0.29, 0.717) is 5.92 Å². The molecule has 1 aliphatic carbocycles. The van der Waals surface area contributed by atoms with Gasteiger partial charge in [0.25, 0.3) is 0 Å². The molecule has 0 unspecified atom stereocenters. The van der Waals surface area contributed by atoms with Gasteiger partial charge in [-0.2, -0.15) is 0 Å². The summed E-state index contributed by atoms with van der Waals surface area (Å²) < 4.78 is 6.35. The van der Waals surface area contributed by atoms with E-state index in [2.05, 4.69) is 57.2 Å². The van der Waals surface area contributed by atoms with Crippen LogP contribution in [0.4, 0.5) is 0 Å². The molecule has 1 nitrogen and oxygen atoms in total. The van der Waals surface area contributed by atoms with Crippen LogP contribution in [0.2, 0.25) is 0 Å². The lowest BCUT2D eigenvalue weighted by Crippen LogP contribution is -2.06. The number of rotatable bonds is 4. The molecule has 0 N–H and O–H groups in total. The van der Waals surface area contributed by atoms with Gasteiger partial charge in [0, 0.05) is 0 Å². The molecule has 0 atom stereocenters. The largest absolute Gasteiger partial charge is 0.457 e. The van der Waals surface area contributed by atoms with Crippen molar-refractivity contribution in [3.63, 3.8) is 0 Å². The zero-order valence-electron chi connectivity index (χ0n) is 14.7. The second kappa shape index (κ2) is 7.21. The van der Waals surface area contributed by atoms with Crippen molar-refractivity contribution >= 4 is 0 Å². The van der Waals surface area contributed by atoms with Gasteiger partial charge < -0.3 is 4.74 Å². The molecule has 0 radical (unpaired) electrons. The third kappa shape index (κ3) is 3.77. The molecule has 1 heteroatoms. The highest BCUT2D eigenvalue weighted by Crippen LogP contribution is 2.40. The molecular formula is C22H28O. The first-order chi connectivity index (χ1) is 11.2. The molecule has 3 rings (SSSR count). The van der Waals surface area contributed by atoms with E-state index >= 15 is 0 Å². The van der Waals surface area contributed by atoms with Gasteiger partial charge in [-0.15, -0.1) is 0 Å². The van der Waals surface area contributed by atoms with Gasteiger partial charge in [0.2, 0.25) is 0 Å². The molecule has 122 valence electrons. The molecule has 1 fully saturated rings. The van der Waals surface area contributed by atoms with Crippen molar-refractivity contribution < 1.29 is 4.74 Å². The van der Waals surface area contributed by atoms with E-state index in [4.69, 9.17) is 4.74 Å². The van der Waals surface area contributed by atoms with Crippen LogP contribution in [0.5, 0.6) is 11.5 Å². The molecule has 0 saturated heterocycles. The molecule has 0 bridgehead atoms. The highest BCUT2D eigenvalue weighted by Gasteiger charge is 2.20. The van der Waals surface area contributed by atoms with Crippen LogP contribution >= 0.6 is 0 Å². The van der Waals surface area contributed by atoms with Gasteiger partial charge in [0.1, 0.15) is 11.5 Å². The van der Waals surface area contributed by atoms with Crippen LogP contribution in [-0.4, -0.2) is 0 Å². The van der Waals surface area contributed by atoms with Crippen molar-refractivity contribution in [3.05, 3.63) is 58.7 Å². The topological polar surface area (TPSA) is 9.23 Å². The average Bonchev–Trinajstić information content (AvgIpc) is 2.58. The van der Waals surface area contributed by atoms with Gasteiger partial charge in [-0.3, -0.25) is 0 Å². The van der Waals surface area contributed by atoms with Crippen LogP contribution in [-0.2, 0) is 6.42 Å². The Morgan fingerprint density at radius 1 is 0.913 bits per heavy atom. The van der Waals surface area contributed by atoms with Crippen molar-refractivity contribution in [3.8, 4) is 11.5 Å². The number of hydrogen-bond acceptors (Lipinski definition) is 1. The maximum Gasteiger partial charge on any atom is 0.130 e. The zero-order valence-corrected chi connectivity index (χ0v) is 14.7. The number of aryl methyl sites for hydroxylation is 3. The number of benzene rings is 2. The normalized spacial score (nSPS) is 15.6. The summed E-state index contributed by atoms with van der Waals surface area (Å²) in [4.78, 5) is 0. The van der Waals surface area contributed by atoms with Crippen molar-refractivity contribution in [2.45, 2.75) is 65.2 Å². The summed E-state index contributed by atoms with van der Waals surface area (Å²) in [5.74, 6) is 2.70. The minimum atomic E-state index is 0.661. The predicted molar refractivity (Wildman–Crippen MR) is 97.6 cm³/mol. The summed E-state index contributed by atoms with van der Waals surface area (Å²) in [7, 11) is 0. The van der Waals surface area contributed by atoms with Crippen LogP contribution < -0.4 is 4.74 Å². The minimum Gasteiger partial charge on any atom is -0.457 e. The highest BCUT2D eigenvalue weighted by atomic mass is 16.5. The fourth-order valence-corrected chi connectivity index (χ4v) is 3.66. The van der Waals surface area contributed by atoms with Crippen molar-refractivity contribution in [1.29, 1.82) is 0 Å². The van der Waals surface area contributed by atoms with Gasteiger partial charge in [-0.05, 0) is 67.9 Å². The summed E-state index contributed by atoms with van der Waals surface area (Å²) in [6, 6.07) is 13.2. The van der Waals surface area contributed by atoms with Gasteiger partial charge >= 0.3 is 0 Å². The molecule has 1 saturated carbocycles. The lowest BCUT2D eigenvalue weighted by molar-refractivity contribution is 0.417. The Hall–Kier alpha value is -1.76.